The second-order valence-corrected chi connectivity index (χ2v) is 12.1. The standard InChI is InChI=1S/C4H9.3C3H7O.Sn/c1-3-4-2;3*1-2-3-4;/h1,3-4H2,2H3;3*2-3H2,1H3;/q;3*-1;+3. The van der Waals surface area contributed by atoms with Crippen LogP contribution in [0.25, 0.3) is 0 Å². The molecule has 0 heterocycles. The molecule has 0 rings (SSSR count). The van der Waals surface area contributed by atoms with E-state index in [1.807, 2.05) is 0 Å². The molecule has 0 aliphatic heterocycles. The van der Waals surface area contributed by atoms with Gasteiger partial charge in [-0.1, -0.05) is 0 Å². The molecule has 0 unspecified atom stereocenters. The molecule has 0 aromatic heterocycles. The Morgan fingerprint density at radius 1 is 0.647 bits per heavy atom. The van der Waals surface area contributed by atoms with Gasteiger partial charge in [-0.25, -0.2) is 0 Å². The normalized spacial score (nSPS) is 12.0. The summed E-state index contributed by atoms with van der Waals surface area (Å²) in [5.41, 5.74) is 0. The van der Waals surface area contributed by atoms with Crippen LogP contribution in [-0.2, 0) is 9.22 Å². The number of hydrogen-bond donors (Lipinski definition) is 0. The van der Waals surface area contributed by atoms with E-state index in [0.717, 1.165) is 49.9 Å². The Hall–Kier alpha value is 0.679. The van der Waals surface area contributed by atoms with Gasteiger partial charge >= 0.3 is 113 Å². The predicted octanol–water partition coefficient (Wildman–Crippen LogP) is 4.01. The summed E-state index contributed by atoms with van der Waals surface area (Å²) >= 11 is -3.19. The van der Waals surface area contributed by atoms with Crippen molar-refractivity contribution in [1.82, 2.24) is 0 Å². The molecule has 0 saturated heterocycles. The zero-order valence-electron chi connectivity index (χ0n) is 12.1. The molecule has 0 bridgehead atoms. The van der Waals surface area contributed by atoms with E-state index in [-0.39, 0.29) is 0 Å². The summed E-state index contributed by atoms with van der Waals surface area (Å²) in [5.74, 6) is 0. The first-order valence-corrected chi connectivity index (χ1v) is 12.7. The maximum atomic E-state index is 6.05. The van der Waals surface area contributed by atoms with E-state index in [1.54, 1.807) is 0 Å². The summed E-state index contributed by atoms with van der Waals surface area (Å²) in [6, 6.07) is 0. The van der Waals surface area contributed by atoms with Crippen molar-refractivity contribution in [2.24, 2.45) is 0 Å². The van der Waals surface area contributed by atoms with Crippen LogP contribution in [-0.4, -0.2) is 39.4 Å². The predicted molar refractivity (Wildman–Crippen MR) is 74.2 cm³/mol. The Morgan fingerprint density at radius 3 is 1.35 bits per heavy atom. The first-order valence-electron chi connectivity index (χ1n) is 7.16. The van der Waals surface area contributed by atoms with Crippen molar-refractivity contribution in [3.8, 4) is 0 Å². The van der Waals surface area contributed by atoms with Crippen molar-refractivity contribution in [2.75, 3.05) is 19.8 Å². The molecule has 17 heavy (non-hydrogen) atoms. The summed E-state index contributed by atoms with van der Waals surface area (Å²) in [4.78, 5) is 0. The van der Waals surface area contributed by atoms with Crippen molar-refractivity contribution in [3.05, 3.63) is 0 Å². The van der Waals surface area contributed by atoms with Crippen molar-refractivity contribution >= 4 is 19.6 Å². The number of rotatable bonds is 12. The zero-order chi connectivity index (χ0) is 13.0. The van der Waals surface area contributed by atoms with E-state index in [4.69, 9.17) is 9.22 Å². The zero-order valence-corrected chi connectivity index (χ0v) is 14.9. The van der Waals surface area contributed by atoms with Gasteiger partial charge in [0.05, 0.1) is 0 Å². The van der Waals surface area contributed by atoms with Crippen LogP contribution in [0.3, 0.4) is 0 Å². The monoisotopic (exact) mass is 354 g/mol. The molecule has 0 spiro atoms. The van der Waals surface area contributed by atoms with Gasteiger partial charge in [-0.2, -0.15) is 0 Å². The Labute approximate surface area is 113 Å². The molecule has 0 aromatic rings. The van der Waals surface area contributed by atoms with Crippen LogP contribution in [0.5, 0.6) is 0 Å². The molecule has 0 amide bonds. The van der Waals surface area contributed by atoms with Gasteiger partial charge in [0.25, 0.3) is 0 Å². The molecule has 3 nitrogen and oxygen atoms in total. The van der Waals surface area contributed by atoms with Crippen LogP contribution >= 0.6 is 0 Å². The second kappa shape index (κ2) is 11.8. The molecule has 0 aromatic carbocycles. The third-order valence-corrected chi connectivity index (χ3v) is 10.7. The number of hydrogen-bond acceptors (Lipinski definition) is 3. The number of unbranched alkanes of at least 4 members (excludes halogenated alkanes) is 1. The van der Waals surface area contributed by atoms with Gasteiger partial charge in [-0.05, 0) is 0 Å². The van der Waals surface area contributed by atoms with Crippen LogP contribution in [0.1, 0.15) is 59.8 Å². The fourth-order valence-electron chi connectivity index (χ4n) is 1.51. The van der Waals surface area contributed by atoms with Gasteiger partial charge in [0, 0.05) is 0 Å². The molecule has 104 valence electrons. The molecule has 0 atom stereocenters. The first-order chi connectivity index (χ1) is 8.24. The topological polar surface area (TPSA) is 27.7 Å². The second-order valence-electron chi connectivity index (χ2n) is 4.33. The molecular weight excluding hydrogens is 323 g/mol. The van der Waals surface area contributed by atoms with E-state index < -0.39 is 19.6 Å². The summed E-state index contributed by atoms with van der Waals surface area (Å²) in [7, 11) is 0. The first kappa shape index (κ1) is 17.7. The van der Waals surface area contributed by atoms with Crippen LogP contribution in [0.4, 0.5) is 0 Å². The molecular formula is C13H30O3Sn. The van der Waals surface area contributed by atoms with E-state index in [2.05, 4.69) is 27.7 Å². The van der Waals surface area contributed by atoms with Crippen molar-refractivity contribution in [2.45, 2.75) is 64.2 Å². The minimum atomic E-state index is -3.19. The quantitative estimate of drug-likeness (QED) is 0.497. The van der Waals surface area contributed by atoms with Crippen molar-refractivity contribution in [3.63, 3.8) is 0 Å². The summed E-state index contributed by atoms with van der Waals surface area (Å²) in [5, 5.41) is 0. The van der Waals surface area contributed by atoms with Gasteiger partial charge in [-0.3, -0.25) is 0 Å². The van der Waals surface area contributed by atoms with Gasteiger partial charge < -0.3 is 0 Å². The summed E-state index contributed by atoms with van der Waals surface area (Å²) in [6.45, 7) is 11.0. The third-order valence-electron chi connectivity index (χ3n) is 2.41. The van der Waals surface area contributed by atoms with Gasteiger partial charge in [0.1, 0.15) is 0 Å². The average Bonchev–Trinajstić information content (AvgIpc) is 2.37. The van der Waals surface area contributed by atoms with E-state index >= 15 is 0 Å². The van der Waals surface area contributed by atoms with Crippen LogP contribution in [0, 0.1) is 0 Å². The maximum absolute atomic E-state index is 6.05. The van der Waals surface area contributed by atoms with Crippen molar-refractivity contribution < 1.29 is 9.22 Å². The molecule has 4 heteroatoms. The van der Waals surface area contributed by atoms with Gasteiger partial charge in [-0.15, -0.1) is 0 Å². The Morgan fingerprint density at radius 2 is 1.06 bits per heavy atom. The Bertz CT molecular complexity index is 127. The van der Waals surface area contributed by atoms with Crippen LogP contribution in [0.2, 0.25) is 4.44 Å². The van der Waals surface area contributed by atoms with Gasteiger partial charge in [0.2, 0.25) is 0 Å². The Balaban J connectivity index is 4.39. The molecule has 0 aliphatic carbocycles. The fourth-order valence-corrected chi connectivity index (χ4v) is 10.1. The fraction of sp³-hybridized carbons (Fsp3) is 1.00. The summed E-state index contributed by atoms with van der Waals surface area (Å²) in [6.07, 6.45) is 5.45. The molecule has 0 radical (unpaired) electrons. The van der Waals surface area contributed by atoms with Gasteiger partial charge in [0.15, 0.2) is 0 Å². The molecule has 0 N–H and O–H groups in total. The van der Waals surface area contributed by atoms with E-state index in [9.17, 15) is 0 Å². The average molecular weight is 353 g/mol. The molecule has 0 fully saturated rings. The Kier molecular flexibility index (Phi) is 12.2. The van der Waals surface area contributed by atoms with Crippen LogP contribution < -0.4 is 0 Å². The van der Waals surface area contributed by atoms with Crippen molar-refractivity contribution in [1.29, 1.82) is 0 Å². The van der Waals surface area contributed by atoms with E-state index in [1.165, 1.54) is 6.42 Å². The molecule has 0 saturated carbocycles. The molecule has 0 aliphatic rings. The minimum absolute atomic E-state index is 0.785. The SMILES string of the molecule is CCC[CH2][Sn]([O]CCC)([O]CCC)[O]CCC. The van der Waals surface area contributed by atoms with E-state index in [0.29, 0.717) is 0 Å². The summed E-state index contributed by atoms with van der Waals surface area (Å²) < 4.78 is 19.2. The third kappa shape index (κ3) is 8.40. The van der Waals surface area contributed by atoms with Crippen LogP contribution in [0.15, 0.2) is 0 Å².